The zero-order chi connectivity index (χ0) is 12.6. The maximum absolute atomic E-state index is 11.3. The van der Waals surface area contributed by atoms with E-state index >= 15 is 0 Å². The third-order valence-corrected chi connectivity index (χ3v) is 2.02. The van der Waals surface area contributed by atoms with Gasteiger partial charge in [-0.05, 0) is 24.1 Å². The second-order valence-corrected chi connectivity index (χ2v) is 3.38. The van der Waals surface area contributed by atoms with Crippen molar-refractivity contribution in [3.8, 4) is 0 Å². The smallest absolute Gasteiger partial charge is 0.321 e. The van der Waals surface area contributed by atoms with Gasteiger partial charge < -0.3 is 10.2 Å². The van der Waals surface area contributed by atoms with Gasteiger partial charge in [-0.2, -0.15) is 0 Å². The summed E-state index contributed by atoms with van der Waals surface area (Å²) in [6.45, 7) is 6.10. The summed E-state index contributed by atoms with van der Waals surface area (Å²) in [6, 6.07) is 7.77. The number of rotatable bonds is 2. The van der Waals surface area contributed by atoms with Crippen molar-refractivity contribution in [1.82, 2.24) is 4.90 Å². The lowest BCUT2D eigenvalue weighted by atomic mass is 10.1. The first-order valence-electron chi connectivity index (χ1n) is 5.70. The van der Waals surface area contributed by atoms with Crippen molar-refractivity contribution in [3.63, 3.8) is 0 Å². The van der Waals surface area contributed by atoms with Gasteiger partial charge in [-0.25, -0.2) is 4.79 Å². The number of nitrogens with zero attached hydrogens (tertiary/aromatic N) is 1. The Morgan fingerprint density at radius 2 is 1.69 bits per heavy atom. The van der Waals surface area contributed by atoms with Crippen LogP contribution in [0.15, 0.2) is 24.3 Å². The highest BCUT2D eigenvalue weighted by molar-refractivity contribution is 5.88. The SMILES string of the molecule is CC.CCc1ccc(NC(=O)N(C)C)cc1. The average Bonchev–Trinajstić information content (AvgIpc) is 2.32. The van der Waals surface area contributed by atoms with E-state index in [9.17, 15) is 4.79 Å². The number of carbonyl (C=O) groups excluding carboxylic acids is 1. The van der Waals surface area contributed by atoms with E-state index in [0.29, 0.717) is 0 Å². The normalized spacial score (nSPS) is 8.81. The number of hydrogen-bond acceptors (Lipinski definition) is 1. The van der Waals surface area contributed by atoms with E-state index in [1.165, 1.54) is 10.5 Å². The van der Waals surface area contributed by atoms with Gasteiger partial charge in [-0.1, -0.05) is 32.9 Å². The molecule has 0 aliphatic heterocycles. The van der Waals surface area contributed by atoms with Gasteiger partial charge in [-0.15, -0.1) is 0 Å². The summed E-state index contributed by atoms with van der Waals surface area (Å²) in [7, 11) is 3.44. The predicted molar refractivity (Wildman–Crippen MR) is 69.9 cm³/mol. The number of hydrogen-bond donors (Lipinski definition) is 1. The molecular formula is C13H22N2O. The van der Waals surface area contributed by atoms with Crippen molar-refractivity contribution in [1.29, 1.82) is 0 Å². The van der Waals surface area contributed by atoms with Crippen LogP contribution in [0, 0.1) is 0 Å². The molecule has 0 heterocycles. The monoisotopic (exact) mass is 222 g/mol. The summed E-state index contributed by atoms with van der Waals surface area (Å²) in [5.41, 5.74) is 2.11. The van der Waals surface area contributed by atoms with Crippen LogP contribution >= 0.6 is 0 Å². The van der Waals surface area contributed by atoms with Gasteiger partial charge in [0.2, 0.25) is 0 Å². The van der Waals surface area contributed by atoms with E-state index in [1.54, 1.807) is 14.1 Å². The summed E-state index contributed by atoms with van der Waals surface area (Å²) in [6.07, 6.45) is 1.02. The van der Waals surface area contributed by atoms with Crippen LogP contribution in [-0.2, 0) is 6.42 Å². The lowest BCUT2D eigenvalue weighted by Gasteiger charge is -2.11. The molecule has 0 fully saturated rings. The Bertz CT molecular complexity index is 304. The molecule has 0 aliphatic carbocycles. The van der Waals surface area contributed by atoms with E-state index in [4.69, 9.17) is 0 Å². The molecule has 1 aromatic rings. The fraction of sp³-hybridized carbons (Fsp3) is 0.462. The number of nitrogens with one attached hydrogen (secondary N) is 1. The molecule has 0 saturated heterocycles. The highest BCUT2D eigenvalue weighted by atomic mass is 16.2. The van der Waals surface area contributed by atoms with Crippen LogP contribution in [-0.4, -0.2) is 25.0 Å². The second-order valence-electron chi connectivity index (χ2n) is 3.38. The van der Waals surface area contributed by atoms with Crippen LogP contribution in [0.1, 0.15) is 26.3 Å². The van der Waals surface area contributed by atoms with Crippen LogP contribution in [0.4, 0.5) is 10.5 Å². The summed E-state index contributed by atoms with van der Waals surface area (Å²) in [5, 5.41) is 2.78. The van der Waals surface area contributed by atoms with Crippen molar-refractivity contribution in [2.75, 3.05) is 19.4 Å². The molecular weight excluding hydrogens is 200 g/mol. The minimum absolute atomic E-state index is 0.103. The minimum atomic E-state index is -0.103. The van der Waals surface area contributed by atoms with Crippen LogP contribution in [0.25, 0.3) is 0 Å². The van der Waals surface area contributed by atoms with Crippen molar-refractivity contribution < 1.29 is 4.79 Å². The van der Waals surface area contributed by atoms with Crippen molar-refractivity contribution >= 4 is 11.7 Å². The van der Waals surface area contributed by atoms with E-state index in [0.717, 1.165) is 12.1 Å². The van der Waals surface area contributed by atoms with E-state index in [-0.39, 0.29) is 6.03 Å². The highest BCUT2D eigenvalue weighted by Gasteiger charge is 2.02. The number of benzene rings is 1. The van der Waals surface area contributed by atoms with Crippen LogP contribution in [0.5, 0.6) is 0 Å². The zero-order valence-corrected chi connectivity index (χ0v) is 10.9. The van der Waals surface area contributed by atoms with Gasteiger partial charge in [0.1, 0.15) is 0 Å². The molecule has 16 heavy (non-hydrogen) atoms. The molecule has 0 saturated carbocycles. The van der Waals surface area contributed by atoms with Crippen molar-refractivity contribution in [3.05, 3.63) is 29.8 Å². The largest absolute Gasteiger partial charge is 0.331 e. The van der Waals surface area contributed by atoms with Crippen molar-refractivity contribution in [2.45, 2.75) is 27.2 Å². The molecule has 0 aliphatic rings. The van der Waals surface area contributed by atoms with Gasteiger partial charge in [0.15, 0.2) is 0 Å². The second kappa shape index (κ2) is 7.74. The molecule has 90 valence electrons. The molecule has 0 aromatic heterocycles. The molecule has 0 bridgehead atoms. The number of anilines is 1. The Morgan fingerprint density at radius 3 is 2.06 bits per heavy atom. The van der Waals surface area contributed by atoms with Gasteiger partial charge in [0, 0.05) is 19.8 Å². The molecule has 1 aromatic carbocycles. The molecule has 2 amide bonds. The first-order valence-corrected chi connectivity index (χ1v) is 5.70. The Labute approximate surface area is 98.5 Å². The lowest BCUT2D eigenvalue weighted by Crippen LogP contribution is -2.27. The summed E-state index contributed by atoms with van der Waals surface area (Å²) < 4.78 is 0. The fourth-order valence-corrected chi connectivity index (χ4v) is 1.06. The van der Waals surface area contributed by atoms with Crippen LogP contribution in [0.2, 0.25) is 0 Å². The zero-order valence-electron chi connectivity index (χ0n) is 10.9. The van der Waals surface area contributed by atoms with Gasteiger partial charge in [0.25, 0.3) is 0 Å². The number of aryl methyl sites for hydroxylation is 1. The predicted octanol–water partition coefficient (Wildman–Crippen LogP) is 3.37. The van der Waals surface area contributed by atoms with Crippen LogP contribution in [0.3, 0.4) is 0 Å². The minimum Gasteiger partial charge on any atom is -0.331 e. The van der Waals surface area contributed by atoms with Gasteiger partial charge in [0.05, 0.1) is 0 Å². The van der Waals surface area contributed by atoms with Crippen molar-refractivity contribution in [2.24, 2.45) is 0 Å². The maximum Gasteiger partial charge on any atom is 0.321 e. The molecule has 3 heteroatoms. The molecule has 0 spiro atoms. The Morgan fingerprint density at radius 1 is 1.19 bits per heavy atom. The quantitative estimate of drug-likeness (QED) is 0.817. The van der Waals surface area contributed by atoms with E-state index in [2.05, 4.69) is 12.2 Å². The average molecular weight is 222 g/mol. The van der Waals surface area contributed by atoms with Gasteiger partial charge >= 0.3 is 6.03 Å². The lowest BCUT2D eigenvalue weighted by molar-refractivity contribution is 0.230. The summed E-state index contributed by atoms with van der Waals surface area (Å²) in [4.78, 5) is 12.8. The molecule has 1 rings (SSSR count). The number of amides is 2. The maximum atomic E-state index is 11.3. The highest BCUT2D eigenvalue weighted by Crippen LogP contribution is 2.10. The molecule has 3 nitrogen and oxygen atoms in total. The summed E-state index contributed by atoms with van der Waals surface area (Å²) >= 11 is 0. The fourth-order valence-electron chi connectivity index (χ4n) is 1.06. The van der Waals surface area contributed by atoms with Gasteiger partial charge in [-0.3, -0.25) is 0 Å². The standard InChI is InChI=1S/C11H16N2O.C2H6/c1-4-9-5-7-10(8-6-9)12-11(14)13(2)3;1-2/h5-8H,4H2,1-3H3,(H,12,14);1-2H3. The first-order chi connectivity index (χ1) is 7.63. The Balaban J connectivity index is 0.00000106. The Hall–Kier alpha value is -1.51. The summed E-state index contributed by atoms with van der Waals surface area (Å²) in [5.74, 6) is 0. The molecule has 1 N–H and O–H groups in total. The number of urea groups is 1. The molecule has 0 atom stereocenters. The number of carbonyl (C=O) groups is 1. The third kappa shape index (κ3) is 4.82. The van der Waals surface area contributed by atoms with Crippen LogP contribution < -0.4 is 5.32 Å². The van der Waals surface area contributed by atoms with E-state index < -0.39 is 0 Å². The Kier molecular flexibility index (Phi) is 7.01. The third-order valence-electron chi connectivity index (χ3n) is 2.02. The topological polar surface area (TPSA) is 32.3 Å². The van der Waals surface area contributed by atoms with E-state index in [1.807, 2.05) is 38.1 Å². The molecule has 0 radical (unpaired) electrons. The first kappa shape index (κ1) is 14.5. The molecule has 0 unspecified atom stereocenters.